The van der Waals surface area contributed by atoms with Crippen molar-refractivity contribution >= 4 is 57.7 Å². The van der Waals surface area contributed by atoms with Crippen molar-refractivity contribution in [1.82, 2.24) is 39.0 Å². The Morgan fingerprint density at radius 1 is 1.16 bits per heavy atom. The average Bonchev–Trinajstić information content (AvgIpc) is 3.65. The van der Waals surface area contributed by atoms with E-state index in [0.717, 1.165) is 17.5 Å². The highest BCUT2D eigenvalue weighted by Crippen LogP contribution is 2.30. The summed E-state index contributed by atoms with van der Waals surface area (Å²) >= 11 is 12.2. The molecule has 1 aliphatic heterocycles. The second kappa shape index (κ2) is 9.69. The lowest BCUT2D eigenvalue weighted by Crippen LogP contribution is -2.27. The van der Waals surface area contributed by atoms with Gasteiger partial charge in [-0.2, -0.15) is 13.9 Å². The zero-order valence-electron chi connectivity index (χ0n) is 19.6. The average molecular weight is 558 g/mol. The van der Waals surface area contributed by atoms with Gasteiger partial charge >= 0.3 is 6.55 Å². The molecule has 4 aromatic heterocycles. The van der Waals surface area contributed by atoms with Crippen molar-refractivity contribution in [3.63, 3.8) is 0 Å². The maximum atomic E-state index is 13.1. The molecule has 0 saturated heterocycles. The fourth-order valence-electron chi connectivity index (χ4n) is 4.37. The van der Waals surface area contributed by atoms with Gasteiger partial charge in [0.2, 0.25) is 6.41 Å². The molecule has 5 aromatic rings. The number of nitrogens with one attached hydrogen (secondary N) is 2. The number of amides is 1. The summed E-state index contributed by atoms with van der Waals surface area (Å²) in [6, 6.07) is 3.40. The number of carbonyl (C=O) groups is 1. The van der Waals surface area contributed by atoms with E-state index in [1.54, 1.807) is 27.6 Å². The van der Waals surface area contributed by atoms with Crippen LogP contribution in [0.5, 0.6) is 0 Å². The van der Waals surface area contributed by atoms with Gasteiger partial charge in [-0.15, -0.1) is 0 Å². The molecule has 0 atom stereocenters. The molecular formula is C24H19Cl2F2N9O. The predicted octanol–water partition coefficient (Wildman–Crippen LogP) is 5.03. The zero-order valence-corrected chi connectivity index (χ0v) is 21.1. The molecule has 38 heavy (non-hydrogen) atoms. The summed E-state index contributed by atoms with van der Waals surface area (Å²) in [5, 5.41) is 7.88. The zero-order chi connectivity index (χ0) is 26.4. The topological polar surface area (TPSA) is 109 Å². The van der Waals surface area contributed by atoms with Crippen LogP contribution in [0, 0.1) is 0 Å². The highest BCUT2D eigenvalue weighted by molar-refractivity contribution is 6.42. The lowest BCUT2D eigenvalue weighted by atomic mass is 10.1. The summed E-state index contributed by atoms with van der Waals surface area (Å²) < 4.78 is 28.7. The van der Waals surface area contributed by atoms with Gasteiger partial charge in [0, 0.05) is 31.0 Å². The molecule has 1 aromatic carbocycles. The molecule has 5 heterocycles. The van der Waals surface area contributed by atoms with E-state index in [1.165, 1.54) is 12.4 Å². The highest BCUT2D eigenvalue weighted by atomic mass is 35.5. The quantitative estimate of drug-likeness (QED) is 0.272. The van der Waals surface area contributed by atoms with Crippen LogP contribution in [0.25, 0.3) is 33.5 Å². The molecule has 14 heteroatoms. The maximum absolute atomic E-state index is 13.1. The second-order valence-electron chi connectivity index (χ2n) is 8.70. The molecule has 0 bridgehead atoms. The van der Waals surface area contributed by atoms with Gasteiger partial charge in [0.1, 0.15) is 5.82 Å². The molecule has 194 valence electrons. The van der Waals surface area contributed by atoms with Crippen LogP contribution in [0.1, 0.15) is 24.5 Å². The fourth-order valence-corrected chi connectivity index (χ4v) is 4.70. The van der Waals surface area contributed by atoms with E-state index in [1.807, 2.05) is 12.3 Å². The monoisotopic (exact) mass is 557 g/mol. The number of carbonyl (C=O) groups excluding carboxylic acids is 1. The summed E-state index contributed by atoms with van der Waals surface area (Å²) in [6.45, 7) is -1.41. The van der Waals surface area contributed by atoms with Crippen LogP contribution in [0.3, 0.4) is 0 Å². The van der Waals surface area contributed by atoms with Gasteiger partial charge in [-0.05, 0) is 24.1 Å². The normalized spacial score (nSPS) is 14.0. The fraction of sp³-hybridized carbons (Fsp3) is 0.208. The van der Waals surface area contributed by atoms with Crippen molar-refractivity contribution in [2.24, 2.45) is 0 Å². The summed E-state index contributed by atoms with van der Waals surface area (Å²) in [4.78, 5) is 29.9. The van der Waals surface area contributed by atoms with Crippen molar-refractivity contribution in [2.75, 3.05) is 18.4 Å². The Balaban J connectivity index is 1.39. The number of benzene rings is 1. The van der Waals surface area contributed by atoms with Gasteiger partial charge in [0.05, 0.1) is 51.4 Å². The van der Waals surface area contributed by atoms with Crippen LogP contribution < -0.4 is 5.32 Å². The number of aromatic amines is 1. The Labute approximate surface area is 223 Å². The largest absolute Gasteiger partial charge is 0.360 e. The number of nitrogens with zero attached hydrogens (tertiary/aromatic N) is 7. The highest BCUT2D eigenvalue weighted by Gasteiger charge is 2.19. The SMILES string of the molecule is O=CN1CC=C(c2cn3c(-c4cnn(C(F)F)c4)cnc3c(NCc3nc4cc(Cl)c(Cl)cc4[nH]3)n2)CC1. The first-order valence-electron chi connectivity index (χ1n) is 11.6. The number of hydrogen-bond acceptors (Lipinski definition) is 6. The lowest BCUT2D eigenvalue weighted by Gasteiger charge is -2.22. The molecule has 0 saturated carbocycles. The molecular weight excluding hydrogens is 539 g/mol. The number of rotatable bonds is 7. The van der Waals surface area contributed by atoms with Gasteiger partial charge in [0.15, 0.2) is 11.5 Å². The van der Waals surface area contributed by atoms with E-state index in [0.29, 0.717) is 80.5 Å². The number of hydrogen-bond donors (Lipinski definition) is 2. The molecule has 1 amide bonds. The van der Waals surface area contributed by atoms with Crippen LogP contribution in [0.2, 0.25) is 10.0 Å². The minimum absolute atomic E-state index is 0.291. The van der Waals surface area contributed by atoms with Crippen molar-refractivity contribution in [2.45, 2.75) is 19.5 Å². The van der Waals surface area contributed by atoms with E-state index in [9.17, 15) is 13.6 Å². The van der Waals surface area contributed by atoms with Crippen LogP contribution >= 0.6 is 23.2 Å². The molecule has 6 rings (SSSR count). The Kier molecular flexibility index (Phi) is 6.20. The van der Waals surface area contributed by atoms with Crippen LogP contribution in [0.4, 0.5) is 14.6 Å². The van der Waals surface area contributed by atoms with Crippen molar-refractivity contribution in [1.29, 1.82) is 0 Å². The third kappa shape index (κ3) is 4.45. The Bertz CT molecular complexity index is 1670. The summed E-state index contributed by atoms with van der Waals surface area (Å²) in [6.07, 6.45) is 9.44. The third-order valence-corrected chi connectivity index (χ3v) is 7.03. The Hall–Kier alpha value is -4.03. The number of fused-ring (bicyclic) bond motifs is 2. The first-order valence-corrected chi connectivity index (χ1v) is 12.3. The molecule has 2 N–H and O–H groups in total. The van der Waals surface area contributed by atoms with Crippen molar-refractivity contribution in [3.05, 3.63) is 64.6 Å². The van der Waals surface area contributed by atoms with Gasteiger partial charge in [-0.25, -0.2) is 19.6 Å². The van der Waals surface area contributed by atoms with E-state index < -0.39 is 6.55 Å². The molecule has 10 nitrogen and oxygen atoms in total. The van der Waals surface area contributed by atoms with Crippen molar-refractivity contribution in [3.8, 4) is 11.3 Å². The number of alkyl halides is 2. The summed E-state index contributed by atoms with van der Waals surface area (Å²) in [7, 11) is 0. The molecule has 0 fully saturated rings. The van der Waals surface area contributed by atoms with Crippen LogP contribution in [-0.2, 0) is 11.3 Å². The maximum Gasteiger partial charge on any atom is 0.333 e. The standard InChI is InChI=1S/C24H19Cl2F2N9O/c25-15-5-17-18(6-16(15)26)33-21(32-17)9-29-22-23-30-8-20(14-7-31-37(10-14)24(27)28)36(23)11-19(34-22)13-1-3-35(12-38)4-2-13/h1,5-8,10-12,24H,2-4,9H2,(H,29,34)(H,32,33). The molecule has 0 aliphatic carbocycles. The van der Waals surface area contributed by atoms with Crippen LogP contribution in [-0.4, -0.2) is 58.5 Å². The summed E-state index contributed by atoms with van der Waals surface area (Å²) in [5.74, 6) is 1.11. The summed E-state index contributed by atoms with van der Waals surface area (Å²) in [5.41, 5.74) is 4.62. The van der Waals surface area contributed by atoms with Crippen molar-refractivity contribution < 1.29 is 13.6 Å². The van der Waals surface area contributed by atoms with Gasteiger partial charge in [-0.3, -0.25) is 9.20 Å². The van der Waals surface area contributed by atoms with Crippen LogP contribution in [0.15, 0.2) is 43.0 Å². The number of imidazole rings is 2. The minimum atomic E-state index is -2.75. The number of aromatic nitrogens is 7. The third-order valence-electron chi connectivity index (χ3n) is 6.30. The molecule has 1 aliphatic rings. The number of anilines is 1. The van der Waals surface area contributed by atoms with E-state index in [2.05, 4.69) is 25.4 Å². The van der Waals surface area contributed by atoms with E-state index in [4.69, 9.17) is 28.2 Å². The molecule has 0 unspecified atom stereocenters. The second-order valence-corrected chi connectivity index (χ2v) is 9.51. The molecule has 0 radical (unpaired) electrons. The Morgan fingerprint density at radius 3 is 2.74 bits per heavy atom. The smallest absolute Gasteiger partial charge is 0.333 e. The number of halogens is 4. The van der Waals surface area contributed by atoms with E-state index in [-0.39, 0.29) is 0 Å². The van der Waals surface area contributed by atoms with E-state index >= 15 is 0 Å². The van der Waals surface area contributed by atoms with Gasteiger partial charge < -0.3 is 15.2 Å². The first-order chi connectivity index (χ1) is 18.4. The van der Waals surface area contributed by atoms with Gasteiger partial charge in [0.25, 0.3) is 0 Å². The first kappa shape index (κ1) is 24.3. The minimum Gasteiger partial charge on any atom is -0.360 e. The molecule has 0 spiro atoms. The number of H-pyrrole nitrogens is 1. The lowest BCUT2D eigenvalue weighted by molar-refractivity contribution is -0.117. The predicted molar refractivity (Wildman–Crippen MR) is 139 cm³/mol. The van der Waals surface area contributed by atoms with Gasteiger partial charge in [-0.1, -0.05) is 29.3 Å². The Morgan fingerprint density at radius 2 is 2.00 bits per heavy atom.